The van der Waals surface area contributed by atoms with E-state index >= 15 is 0 Å². The van der Waals surface area contributed by atoms with E-state index in [1.807, 2.05) is 12.1 Å². The van der Waals surface area contributed by atoms with Crippen LogP contribution in [0, 0.1) is 0 Å². The zero-order chi connectivity index (χ0) is 20.0. The molecule has 1 atom stereocenters. The molecule has 0 fully saturated rings. The highest BCUT2D eigenvalue weighted by Crippen LogP contribution is 2.24. The molecule has 5 nitrogen and oxygen atoms in total. The fourth-order valence-corrected chi connectivity index (χ4v) is 2.97. The Labute approximate surface area is 176 Å². The summed E-state index contributed by atoms with van der Waals surface area (Å²) in [5.41, 5.74) is 0.761. The Morgan fingerprint density at radius 1 is 1.15 bits per heavy atom. The number of nitrogens with zero attached hydrogens (tertiary/aromatic N) is 1. The van der Waals surface area contributed by atoms with Gasteiger partial charge in [-0.1, -0.05) is 45.2 Å². The number of rotatable bonds is 7. The third-order valence-electron chi connectivity index (χ3n) is 3.93. The van der Waals surface area contributed by atoms with Gasteiger partial charge < -0.3 is 15.0 Å². The Morgan fingerprint density at radius 2 is 1.81 bits per heavy atom. The Hall–Kier alpha value is -1.76. The number of carbonyl (C=O) groups is 2. The van der Waals surface area contributed by atoms with Gasteiger partial charge >= 0.3 is 0 Å². The van der Waals surface area contributed by atoms with Gasteiger partial charge in [-0.3, -0.25) is 9.59 Å². The molecule has 2 aromatic rings. The van der Waals surface area contributed by atoms with Crippen molar-refractivity contribution in [2.75, 3.05) is 13.7 Å². The molecule has 0 aliphatic rings. The molecule has 2 aromatic carbocycles. The molecule has 0 saturated heterocycles. The summed E-state index contributed by atoms with van der Waals surface area (Å²) < 4.78 is 6.47. The summed E-state index contributed by atoms with van der Waals surface area (Å²) in [4.78, 5) is 26.3. The van der Waals surface area contributed by atoms with Gasteiger partial charge in [-0.05, 0) is 48.9 Å². The van der Waals surface area contributed by atoms with Crippen LogP contribution in [-0.2, 0) is 16.1 Å². The minimum Gasteiger partial charge on any atom is -0.484 e. The average Bonchev–Trinajstić information content (AvgIpc) is 2.67. The Bertz CT molecular complexity index is 815. The molecule has 0 heterocycles. The summed E-state index contributed by atoms with van der Waals surface area (Å²) in [5.74, 6) is -0.0271. The van der Waals surface area contributed by atoms with E-state index in [4.69, 9.17) is 27.9 Å². The van der Waals surface area contributed by atoms with Gasteiger partial charge in [-0.15, -0.1) is 0 Å². The fourth-order valence-electron chi connectivity index (χ4n) is 2.39. The Kier molecular flexibility index (Phi) is 7.95. The number of carbonyl (C=O) groups excluding carboxylic acids is 2. The average molecular weight is 474 g/mol. The number of benzene rings is 2. The van der Waals surface area contributed by atoms with Crippen molar-refractivity contribution in [2.45, 2.75) is 19.5 Å². The van der Waals surface area contributed by atoms with Crippen molar-refractivity contribution in [1.82, 2.24) is 10.2 Å². The van der Waals surface area contributed by atoms with Crippen molar-refractivity contribution in [1.29, 1.82) is 0 Å². The molecule has 1 N–H and O–H groups in total. The summed E-state index contributed by atoms with van der Waals surface area (Å²) in [6.07, 6.45) is 0. The van der Waals surface area contributed by atoms with Crippen molar-refractivity contribution >= 4 is 50.9 Å². The molecular formula is C19H19BrCl2N2O3. The molecule has 2 rings (SSSR count). The van der Waals surface area contributed by atoms with E-state index in [-0.39, 0.29) is 25.0 Å². The van der Waals surface area contributed by atoms with Crippen molar-refractivity contribution in [3.63, 3.8) is 0 Å². The zero-order valence-corrected chi connectivity index (χ0v) is 17.9. The zero-order valence-electron chi connectivity index (χ0n) is 14.8. The van der Waals surface area contributed by atoms with Gasteiger partial charge in [0.2, 0.25) is 5.91 Å². The first-order valence-electron chi connectivity index (χ1n) is 8.15. The predicted octanol–water partition coefficient (Wildman–Crippen LogP) is 4.30. The van der Waals surface area contributed by atoms with Gasteiger partial charge in [-0.2, -0.15) is 0 Å². The van der Waals surface area contributed by atoms with Crippen LogP contribution in [0.2, 0.25) is 10.0 Å². The molecule has 0 radical (unpaired) electrons. The van der Waals surface area contributed by atoms with E-state index in [9.17, 15) is 9.59 Å². The van der Waals surface area contributed by atoms with Crippen molar-refractivity contribution in [2.24, 2.45) is 0 Å². The van der Waals surface area contributed by atoms with E-state index in [0.717, 1.165) is 10.0 Å². The van der Waals surface area contributed by atoms with Gasteiger partial charge in [0.1, 0.15) is 11.8 Å². The van der Waals surface area contributed by atoms with E-state index in [1.54, 1.807) is 37.3 Å². The number of nitrogens with one attached hydrogen (secondary N) is 1. The second kappa shape index (κ2) is 9.97. The molecule has 8 heteroatoms. The number of hydrogen-bond donors (Lipinski definition) is 1. The normalized spacial score (nSPS) is 11.6. The van der Waals surface area contributed by atoms with Crippen molar-refractivity contribution in [3.8, 4) is 5.75 Å². The topological polar surface area (TPSA) is 58.6 Å². The maximum atomic E-state index is 12.8. The number of ether oxygens (including phenoxy) is 1. The fraction of sp³-hybridized carbons (Fsp3) is 0.263. The smallest absolute Gasteiger partial charge is 0.261 e. The Morgan fingerprint density at radius 3 is 2.41 bits per heavy atom. The highest BCUT2D eigenvalue weighted by molar-refractivity contribution is 9.10. The third-order valence-corrected chi connectivity index (χ3v) is 5.19. The summed E-state index contributed by atoms with van der Waals surface area (Å²) >= 11 is 15.3. The minimum absolute atomic E-state index is 0.190. The molecule has 0 aliphatic heterocycles. The molecule has 0 aliphatic carbocycles. The summed E-state index contributed by atoms with van der Waals surface area (Å²) in [5, 5.41) is 3.38. The lowest BCUT2D eigenvalue weighted by Gasteiger charge is -2.28. The van der Waals surface area contributed by atoms with Crippen LogP contribution in [0.3, 0.4) is 0 Å². The lowest BCUT2D eigenvalue weighted by Crippen LogP contribution is -2.48. The second-order valence-corrected chi connectivity index (χ2v) is 7.53. The maximum absolute atomic E-state index is 12.8. The van der Waals surface area contributed by atoms with Gasteiger partial charge in [0.25, 0.3) is 5.91 Å². The summed E-state index contributed by atoms with van der Waals surface area (Å²) in [7, 11) is 1.53. The van der Waals surface area contributed by atoms with Gasteiger partial charge in [0, 0.05) is 18.1 Å². The van der Waals surface area contributed by atoms with Crippen LogP contribution in [0.5, 0.6) is 5.75 Å². The van der Waals surface area contributed by atoms with Gasteiger partial charge in [0.05, 0.1) is 10.0 Å². The number of amides is 2. The summed E-state index contributed by atoms with van der Waals surface area (Å²) in [6.45, 7) is 1.67. The van der Waals surface area contributed by atoms with E-state index in [2.05, 4.69) is 21.2 Å². The quantitative estimate of drug-likeness (QED) is 0.652. The standard InChI is InChI=1S/C19H19BrCl2N2O3/c1-12(19(26)23-2)24(10-13-3-8-16(21)17(22)9-13)18(25)11-27-15-6-4-14(20)5-7-15/h3-9,12H,10-11H2,1-2H3,(H,23,26)/t12-/m1/s1. The molecule has 0 aromatic heterocycles. The first-order valence-corrected chi connectivity index (χ1v) is 9.70. The van der Waals surface area contributed by atoms with Crippen LogP contribution in [0.4, 0.5) is 0 Å². The predicted molar refractivity (Wildman–Crippen MR) is 110 cm³/mol. The maximum Gasteiger partial charge on any atom is 0.261 e. The first kappa shape index (κ1) is 21.5. The number of hydrogen-bond acceptors (Lipinski definition) is 3. The molecule has 0 saturated carbocycles. The number of halogens is 3. The van der Waals surface area contributed by atoms with Gasteiger partial charge in [0.15, 0.2) is 6.61 Å². The lowest BCUT2D eigenvalue weighted by atomic mass is 10.1. The Balaban J connectivity index is 2.14. The SMILES string of the molecule is CNC(=O)[C@@H](C)N(Cc1ccc(Cl)c(Cl)c1)C(=O)COc1ccc(Br)cc1. The van der Waals surface area contributed by atoms with Crippen LogP contribution >= 0.6 is 39.1 Å². The highest BCUT2D eigenvalue weighted by Gasteiger charge is 2.26. The minimum atomic E-state index is -0.675. The lowest BCUT2D eigenvalue weighted by molar-refractivity contribution is -0.142. The van der Waals surface area contributed by atoms with Crippen LogP contribution in [0.15, 0.2) is 46.9 Å². The molecule has 0 spiro atoms. The molecule has 27 heavy (non-hydrogen) atoms. The first-order chi connectivity index (χ1) is 12.8. The van der Waals surface area contributed by atoms with Crippen LogP contribution in [0.25, 0.3) is 0 Å². The van der Waals surface area contributed by atoms with Crippen LogP contribution < -0.4 is 10.1 Å². The van der Waals surface area contributed by atoms with E-state index in [0.29, 0.717) is 15.8 Å². The van der Waals surface area contributed by atoms with Crippen molar-refractivity contribution in [3.05, 3.63) is 62.5 Å². The summed E-state index contributed by atoms with van der Waals surface area (Å²) in [6, 6.07) is 11.6. The molecule has 0 unspecified atom stereocenters. The molecule has 144 valence electrons. The van der Waals surface area contributed by atoms with Crippen molar-refractivity contribution < 1.29 is 14.3 Å². The monoisotopic (exact) mass is 472 g/mol. The number of likely N-dealkylation sites (N-methyl/N-ethyl adjacent to an activating group) is 1. The molecule has 2 amide bonds. The molecular weight excluding hydrogens is 455 g/mol. The van der Waals surface area contributed by atoms with E-state index in [1.165, 1.54) is 11.9 Å². The van der Waals surface area contributed by atoms with E-state index < -0.39 is 6.04 Å². The largest absolute Gasteiger partial charge is 0.484 e. The third kappa shape index (κ3) is 6.13. The highest BCUT2D eigenvalue weighted by atomic mass is 79.9. The second-order valence-electron chi connectivity index (χ2n) is 5.80. The van der Waals surface area contributed by atoms with Crippen LogP contribution in [0.1, 0.15) is 12.5 Å². The molecule has 0 bridgehead atoms. The van der Waals surface area contributed by atoms with Crippen LogP contribution in [-0.4, -0.2) is 36.4 Å². The van der Waals surface area contributed by atoms with Gasteiger partial charge in [-0.25, -0.2) is 0 Å².